The fourth-order valence-corrected chi connectivity index (χ4v) is 4.77. The second kappa shape index (κ2) is 8.78. The molecule has 1 fully saturated rings. The van der Waals surface area contributed by atoms with Crippen molar-refractivity contribution in [3.8, 4) is 0 Å². The number of nitrogens with zero attached hydrogens (tertiary/aromatic N) is 4. The van der Waals surface area contributed by atoms with Crippen molar-refractivity contribution in [2.45, 2.75) is 25.9 Å². The van der Waals surface area contributed by atoms with Crippen molar-refractivity contribution in [1.29, 1.82) is 0 Å². The fraction of sp³-hybridized carbons (Fsp3) is 0.360. The molecule has 4 heterocycles. The zero-order valence-electron chi connectivity index (χ0n) is 19.1. The van der Waals surface area contributed by atoms with Gasteiger partial charge in [0.05, 0.1) is 30.7 Å². The molecule has 0 aliphatic carbocycles. The third-order valence-electron chi connectivity index (χ3n) is 6.53. The van der Waals surface area contributed by atoms with Crippen LogP contribution in [0.5, 0.6) is 0 Å². The molecule has 0 radical (unpaired) electrons. The number of aromatic amines is 1. The first-order valence-corrected chi connectivity index (χ1v) is 11.3. The first kappa shape index (κ1) is 21.3. The van der Waals surface area contributed by atoms with Crippen molar-refractivity contribution in [3.63, 3.8) is 0 Å². The summed E-state index contributed by atoms with van der Waals surface area (Å²) in [6, 6.07) is 9.79. The van der Waals surface area contributed by atoms with Crippen LogP contribution >= 0.6 is 0 Å². The van der Waals surface area contributed by atoms with Gasteiger partial charge < -0.3 is 15.0 Å². The SMILES string of the molecule is CNC(=O)c1ccc(C2=CC(N3CCOC[C@H]3C)=NC3C(c4ccn[nH]4)=NC=C(C)C23)cc1. The Morgan fingerprint density at radius 2 is 2.06 bits per heavy atom. The Bertz CT molecular complexity index is 1160. The highest BCUT2D eigenvalue weighted by Gasteiger charge is 2.39. The van der Waals surface area contributed by atoms with E-state index in [1.165, 1.54) is 5.57 Å². The summed E-state index contributed by atoms with van der Waals surface area (Å²) in [6.45, 7) is 6.42. The highest BCUT2D eigenvalue weighted by molar-refractivity contribution is 6.11. The molecule has 170 valence electrons. The van der Waals surface area contributed by atoms with Gasteiger partial charge in [0.25, 0.3) is 5.91 Å². The van der Waals surface area contributed by atoms with Crippen molar-refractivity contribution in [1.82, 2.24) is 20.4 Å². The van der Waals surface area contributed by atoms with E-state index in [9.17, 15) is 4.79 Å². The lowest BCUT2D eigenvalue weighted by Gasteiger charge is -2.40. The monoisotopic (exact) mass is 444 g/mol. The van der Waals surface area contributed by atoms with Gasteiger partial charge in [-0.2, -0.15) is 5.10 Å². The molecule has 33 heavy (non-hydrogen) atoms. The summed E-state index contributed by atoms with van der Waals surface area (Å²) in [4.78, 5) is 24.4. The van der Waals surface area contributed by atoms with Gasteiger partial charge in [-0.05, 0) is 54.8 Å². The zero-order chi connectivity index (χ0) is 22.9. The first-order valence-electron chi connectivity index (χ1n) is 11.3. The van der Waals surface area contributed by atoms with Gasteiger partial charge in [0.1, 0.15) is 11.9 Å². The van der Waals surface area contributed by atoms with Crippen LogP contribution in [-0.4, -0.2) is 71.4 Å². The van der Waals surface area contributed by atoms with E-state index in [1.807, 2.05) is 36.5 Å². The lowest BCUT2D eigenvalue weighted by molar-refractivity contribution is 0.0334. The van der Waals surface area contributed by atoms with E-state index >= 15 is 0 Å². The summed E-state index contributed by atoms with van der Waals surface area (Å²) in [7, 11) is 1.64. The van der Waals surface area contributed by atoms with Gasteiger partial charge in [-0.1, -0.05) is 12.1 Å². The summed E-state index contributed by atoms with van der Waals surface area (Å²) in [5.74, 6) is 0.898. The molecule has 0 bridgehead atoms. The number of amides is 1. The second-order valence-electron chi connectivity index (χ2n) is 8.64. The number of rotatable bonds is 3. The minimum atomic E-state index is -0.167. The molecule has 0 saturated carbocycles. The number of nitrogens with one attached hydrogen (secondary N) is 2. The molecule has 8 heteroatoms. The molecule has 1 aromatic heterocycles. The first-order chi connectivity index (χ1) is 16.1. The Morgan fingerprint density at radius 1 is 1.24 bits per heavy atom. The van der Waals surface area contributed by atoms with Gasteiger partial charge in [0.2, 0.25) is 0 Å². The number of hydrogen-bond acceptors (Lipinski definition) is 6. The number of benzene rings is 1. The van der Waals surface area contributed by atoms with Gasteiger partial charge in [0, 0.05) is 37.5 Å². The van der Waals surface area contributed by atoms with Gasteiger partial charge in [-0.25, -0.2) is 0 Å². The Balaban J connectivity index is 1.61. The van der Waals surface area contributed by atoms with Crippen LogP contribution < -0.4 is 5.32 Å². The molecule has 1 saturated heterocycles. The van der Waals surface area contributed by atoms with Crippen LogP contribution in [0.2, 0.25) is 0 Å². The highest BCUT2D eigenvalue weighted by atomic mass is 16.5. The third kappa shape index (κ3) is 3.91. The molecule has 0 spiro atoms. The number of dihydropyridines is 1. The number of ether oxygens (including phenoxy) is 1. The zero-order valence-corrected chi connectivity index (χ0v) is 19.1. The normalized spacial score (nSPS) is 24.8. The highest BCUT2D eigenvalue weighted by Crippen LogP contribution is 2.40. The summed E-state index contributed by atoms with van der Waals surface area (Å²) in [5, 5.41) is 9.88. The molecular formula is C25H28N6O2. The topological polar surface area (TPSA) is 95.0 Å². The minimum Gasteiger partial charge on any atom is -0.377 e. The number of aliphatic imine (C=N–C) groups is 2. The van der Waals surface area contributed by atoms with Crippen molar-refractivity contribution < 1.29 is 9.53 Å². The van der Waals surface area contributed by atoms with Gasteiger partial charge >= 0.3 is 0 Å². The molecule has 3 aliphatic rings. The van der Waals surface area contributed by atoms with E-state index < -0.39 is 0 Å². The molecule has 2 aromatic rings. The van der Waals surface area contributed by atoms with Crippen molar-refractivity contribution in [2.75, 3.05) is 26.8 Å². The Morgan fingerprint density at radius 3 is 2.76 bits per heavy atom. The maximum Gasteiger partial charge on any atom is 0.251 e. The predicted molar refractivity (Wildman–Crippen MR) is 128 cm³/mol. The molecule has 3 aliphatic heterocycles. The van der Waals surface area contributed by atoms with E-state index in [0.717, 1.165) is 34.9 Å². The van der Waals surface area contributed by atoms with Crippen LogP contribution in [-0.2, 0) is 4.74 Å². The van der Waals surface area contributed by atoms with E-state index in [1.54, 1.807) is 13.2 Å². The maximum atomic E-state index is 12.1. The number of H-pyrrole nitrogens is 1. The number of carbonyl (C=O) groups excluding carboxylic acids is 1. The van der Waals surface area contributed by atoms with Crippen LogP contribution in [0.1, 0.15) is 35.5 Å². The minimum absolute atomic E-state index is 0.0479. The summed E-state index contributed by atoms with van der Waals surface area (Å²) in [5.41, 5.74) is 5.80. The van der Waals surface area contributed by atoms with E-state index in [4.69, 9.17) is 14.7 Å². The Hall–Kier alpha value is -3.52. The molecule has 1 aromatic carbocycles. The maximum absolute atomic E-state index is 12.1. The average molecular weight is 445 g/mol. The predicted octanol–water partition coefficient (Wildman–Crippen LogP) is 2.68. The smallest absolute Gasteiger partial charge is 0.251 e. The van der Waals surface area contributed by atoms with Crippen molar-refractivity contribution >= 4 is 23.0 Å². The lowest BCUT2D eigenvalue weighted by atomic mass is 9.76. The number of hydrogen-bond donors (Lipinski definition) is 2. The number of morpholine rings is 1. The number of aromatic nitrogens is 2. The van der Waals surface area contributed by atoms with Gasteiger partial charge in [-0.3, -0.25) is 19.9 Å². The van der Waals surface area contributed by atoms with E-state index in [0.29, 0.717) is 18.8 Å². The van der Waals surface area contributed by atoms with Crippen LogP contribution in [0, 0.1) is 5.92 Å². The fourth-order valence-electron chi connectivity index (χ4n) is 4.77. The van der Waals surface area contributed by atoms with E-state index in [-0.39, 0.29) is 23.9 Å². The molecule has 1 amide bonds. The molecule has 2 unspecified atom stereocenters. The molecule has 2 N–H and O–H groups in total. The number of carbonyl (C=O) groups is 1. The second-order valence-corrected chi connectivity index (χ2v) is 8.64. The number of fused-ring (bicyclic) bond motifs is 1. The third-order valence-corrected chi connectivity index (χ3v) is 6.53. The molecule has 8 nitrogen and oxygen atoms in total. The van der Waals surface area contributed by atoms with Gasteiger partial charge in [-0.15, -0.1) is 0 Å². The van der Waals surface area contributed by atoms with E-state index in [2.05, 4.69) is 40.3 Å². The van der Waals surface area contributed by atoms with Crippen LogP contribution in [0.3, 0.4) is 0 Å². The van der Waals surface area contributed by atoms with Gasteiger partial charge in [0.15, 0.2) is 0 Å². The van der Waals surface area contributed by atoms with Crippen molar-refractivity contribution in [3.05, 3.63) is 71.2 Å². The quantitative estimate of drug-likeness (QED) is 0.761. The summed E-state index contributed by atoms with van der Waals surface area (Å²) >= 11 is 0. The molecule has 3 atom stereocenters. The van der Waals surface area contributed by atoms with Crippen LogP contribution in [0.25, 0.3) is 5.57 Å². The van der Waals surface area contributed by atoms with Crippen molar-refractivity contribution in [2.24, 2.45) is 15.9 Å². The molecular weight excluding hydrogens is 416 g/mol. The summed E-state index contributed by atoms with van der Waals surface area (Å²) in [6.07, 6.45) is 5.87. The largest absolute Gasteiger partial charge is 0.377 e. The average Bonchev–Trinajstić information content (AvgIpc) is 3.38. The van der Waals surface area contributed by atoms with Crippen LogP contribution in [0.15, 0.2) is 64.4 Å². The Labute approximate surface area is 193 Å². The Kier molecular flexibility index (Phi) is 5.68. The number of amidine groups is 1. The van der Waals surface area contributed by atoms with Crippen LogP contribution in [0.4, 0.5) is 0 Å². The lowest BCUT2D eigenvalue weighted by Crippen LogP contribution is -2.49. The standard InChI is InChI=1S/C25H28N6O2/c1-15-13-27-23(20-8-9-28-30-20)24-22(15)19(17-4-6-18(7-5-17)25(32)26-3)12-21(29-24)31-10-11-33-14-16(31)2/h4-9,12-13,16,22,24H,10-11,14H2,1-3H3,(H,26,32)(H,28,30)/t16-,22?,24?/m1/s1. The molecule has 5 rings (SSSR count). The summed E-state index contributed by atoms with van der Waals surface area (Å²) < 4.78 is 5.66.